The van der Waals surface area contributed by atoms with Crippen molar-refractivity contribution in [1.29, 1.82) is 0 Å². The maximum absolute atomic E-state index is 12.1. The highest BCUT2D eigenvalue weighted by Crippen LogP contribution is 2.09. The highest BCUT2D eigenvalue weighted by atomic mass is 16.5. The molecule has 0 saturated heterocycles. The Labute approximate surface area is 131 Å². The molecule has 0 radical (unpaired) electrons. The van der Waals surface area contributed by atoms with E-state index in [1.807, 2.05) is 39.8 Å². The van der Waals surface area contributed by atoms with Crippen molar-refractivity contribution in [3.8, 4) is 0 Å². The third kappa shape index (κ3) is 6.26. The molecule has 5 nitrogen and oxygen atoms in total. The molecule has 0 aromatic heterocycles. The number of carbonyl (C=O) groups is 2. The number of ether oxygens (including phenoxy) is 1. The number of hydrogen-bond donors (Lipinski definition) is 2. The van der Waals surface area contributed by atoms with Gasteiger partial charge in [0, 0.05) is 5.56 Å². The lowest BCUT2D eigenvalue weighted by Gasteiger charge is -2.16. The van der Waals surface area contributed by atoms with E-state index in [1.54, 1.807) is 12.1 Å². The third-order valence-electron chi connectivity index (χ3n) is 3.11. The number of benzene rings is 1. The van der Waals surface area contributed by atoms with Crippen molar-refractivity contribution in [3.05, 3.63) is 35.4 Å². The Bertz CT molecular complexity index is 494. The molecular weight excluding hydrogens is 282 g/mol. The van der Waals surface area contributed by atoms with E-state index in [2.05, 4.69) is 5.32 Å². The maximum Gasteiger partial charge on any atom is 0.326 e. The summed E-state index contributed by atoms with van der Waals surface area (Å²) in [5, 5.41) is 11.7. The molecule has 22 heavy (non-hydrogen) atoms. The summed E-state index contributed by atoms with van der Waals surface area (Å²) >= 11 is 0. The summed E-state index contributed by atoms with van der Waals surface area (Å²) in [6, 6.07) is 6.13. The zero-order valence-corrected chi connectivity index (χ0v) is 13.6. The van der Waals surface area contributed by atoms with Crippen LogP contribution >= 0.6 is 0 Å². The van der Waals surface area contributed by atoms with Gasteiger partial charge in [0.05, 0.1) is 12.7 Å². The van der Waals surface area contributed by atoms with Gasteiger partial charge in [-0.2, -0.15) is 0 Å². The highest BCUT2D eigenvalue weighted by Gasteiger charge is 2.21. The second kappa shape index (κ2) is 8.54. The molecule has 0 saturated carbocycles. The predicted molar refractivity (Wildman–Crippen MR) is 84.7 cm³/mol. The first-order valence-electron chi connectivity index (χ1n) is 7.53. The number of amides is 1. The van der Waals surface area contributed by atoms with Crippen molar-refractivity contribution < 1.29 is 19.4 Å². The van der Waals surface area contributed by atoms with Gasteiger partial charge < -0.3 is 15.2 Å². The van der Waals surface area contributed by atoms with Gasteiger partial charge in [-0.3, -0.25) is 4.79 Å². The molecule has 0 spiro atoms. The SMILES string of the molecule is CC(C)C[C@H](NC(=O)c1ccc(COC(C)C)cc1)C(=O)O. The second-order valence-corrected chi connectivity index (χ2v) is 6.05. The summed E-state index contributed by atoms with van der Waals surface area (Å²) in [7, 11) is 0. The summed E-state index contributed by atoms with van der Waals surface area (Å²) in [6.45, 7) is 8.26. The van der Waals surface area contributed by atoms with Crippen LogP contribution in [0.2, 0.25) is 0 Å². The monoisotopic (exact) mass is 307 g/mol. The number of nitrogens with one attached hydrogen (secondary N) is 1. The largest absolute Gasteiger partial charge is 0.480 e. The molecule has 122 valence electrons. The number of rotatable bonds is 8. The maximum atomic E-state index is 12.1. The van der Waals surface area contributed by atoms with Gasteiger partial charge in [-0.05, 0) is 43.9 Å². The van der Waals surface area contributed by atoms with Crippen molar-refractivity contribution in [3.63, 3.8) is 0 Å². The molecule has 0 aliphatic heterocycles. The standard InChI is InChI=1S/C17H25NO4/c1-11(2)9-15(17(20)21)18-16(19)14-7-5-13(6-8-14)10-22-12(3)4/h5-8,11-12,15H,9-10H2,1-4H3,(H,18,19)(H,20,21)/t15-/m0/s1. The second-order valence-electron chi connectivity index (χ2n) is 6.05. The lowest BCUT2D eigenvalue weighted by molar-refractivity contribution is -0.139. The average Bonchev–Trinajstić information content (AvgIpc) is 2.44. The molecule has 1 atom stereocenters. The Morgan fingerprint density at radius 2 is 1.73 bits per heavy atom. The summed E-state index contributed by atoms with van der Waals surface area (Å²) < 4.78 is 5.49. The van der Waals surface area contributed by atoms with Crippen molar-refractivity contribution >= 4 is 11.9 Å². The van der Waals surface area contributed by atoms with Crippen LogP contribution in [0.1, 0.15) is 50.0 Å². The molecule has 2 N–H and O–H groups in total. The van der Waals surface area contributed by atoms with Crippen molar-refractivity contribution in [2.24, 2.45) is 5.92 Å². The molecule has 1 rings (SSSR count). The molecule has 5 heteroatoms. The molecule has 0 fully saturated rings. The van der Waals surface area contributed by atoms with Crippen LogP contribution in [-0.4, -0.2) is 29.1 Å². The van der Waals surface area contributed by atoms with E-state index in [0.29, 0.717) is 18.6 Å². The number of aliphatic carboxylic acids is 1. The molecule has 1 aromatic rings. The van der Waals surface area contributed by atoms with Crippen LogP contribution < -0.4 is 5.32 Å². The number of hydrogen-bond acceptors (Lipinski definition) is 3. The van der Waals surface area contributed by atoms with Gasteiger partial charge >= 0.3 is 5.97 Å². The Morgan fingerprint density at radius 1 is 1.14 bits per heavy atom. The van der Waals surface area contributed by atoms with Gasteiger partial charge in [-0.25, -0.2) is 4.79 Å². The Kier molecular flexibility index (Phi) is 7.05. The Hall–Kier alpha value is -1.88. The first kappa shape index (κ1) is 18.2. The first-order valence-corrected chi connectivity index (χ1v) is 7.53. The van der Waals surface area contributed by atoms with E-state index >= 15 is 0 Å². The van der Waals surface area contributed by atoms with E-state index in [1.165, 1.54) is 0 Å². The van der Waals surface area contributed by atoms with Crippen LogP contribution in [-0.2, 0) is 16.1 Å². The number of carbonyl (C=O) groups excluding carboxylic acids is 1. The van der Waals surface area contributed by atoms with E-state index in [9.17, 15) is 9.59 Å². The zero-order valence-electron chi connectivity index (χ0n) is 13.6. The summed E-state index contributed by atoms with van der Waals surface area (Å²) in [4.78, 5) is 23.3. The van der Waals surface area contributed by atoms with E-state index in [-0.39, 0.29) is 17.9 Å². The predicted octanol–water partition coefficient (Wildman–Crippen LogP) is 2.84. The fourth-order valence-electron chi connectivity index (χ4n) is 1.95. The number of carboxylic acid groups (broad SMARTS) is 1. The number of carboxylic acids is 1. The van der Waals surface area contributed by atoms with Crippen molar-refractivity contribution in [2.45, 2.75) is 52.9 Å². The van der Waals surface area contributed by atoms with Crippen LogP contribution in [0.15, 0.2) is 24.3 Å². The van der Waals surface area contributed by atoms with E-state index < -0.39 is 12.0 Å². The van der Waals surface area contributed by atoms with Gasteiger partial charge in [0.1, 0.15) is 6.04 Å². The van der Waals surface area contributed by atoms with Crippen molar-refractivity contribution in [1.82, 2.24) is 5.32 Å². The van der Waals surface area contributed by atoms with Gasteiger partial charge in [-0.1, -0.05) is 26.0 Å². The van der Waals surface area contributed by atoms with Crippen molar-refractivity contribution in [2.75, 3.05) is 0 Å². The van der Waals surface area contributed by atoms with E-state index in [4.69, 9.17) is 9.84 Å². The van der Waals surface area contributed by atoms with Crippen LogP contribution in [0.25, 0.3) is 0 Å². The van der Waals surface area contributed by atoms with Crippen LogP contribution in [0, 0.1) is 5.92 Å². The summed E-state index contributed by atoms with van der Waals surface area (Å²) in [5.41, 5.74) is 1.42. The molecule has 0 aliphatic carbocycles. The van der Waals surface area contributed by atoms with Gasteiger partial charge in [0.15, 0.2) is 0 Å². The average molecular weight is 307 g/mol. The quantitative estimate of drug-likeness (QED) is 0.774. The normalized spacial score (nSPS) is 12.5. The minimum absolute atomic E-state index is 0.148. The van der Waals surface area contributed by atoms with Gasteiger partial charge in [-0.15, -0.1) is 0 Å². The minimum Gasteiger partial charge on any atom is -0.480 e. The van der Waals surface area contributed by atoms with Crippen LogP contribution in [0.3, 0.4) is 0 Å². The fourth-order valence-corrected chi connectivity index (χ4v) is 1.95. The van der Waals surface area contributed by atoms with E-state index in [0.717, 1.165) is 5.56 Å². The van der Waals surface area contributed by atoms with Crippen LogP contribution in [0.5, 0.6) is 0 Å². The molecule has 0 aliphatic rings. The fraction of sp³-hybridized carbons (Fsp3) is 0.529. The zero-order chi connectivity index (χ0) is 16.7. The first-order chi connectivity index (χ1) is 10.3. The molecule has 1 aromatic carbocycles. The van der Waals surface area contributed by atoms with Gasteiger partial charge in [0.2, 0.25) is 0 Å². The minimum atomic E-state index is -1.01. The lowest BCUT2D eigenvalue weighted by atomic mass is 10.0. The molecule has 1 amide bonds. The Balaban J connectivity index is 2.66. The molecule has 0 unspecified atom stereocenters. The van der Waals surface area contributed by atoms with Gasteiger partial charge in [0.25, 0.3) is 5.91 Å². The molecular formula is C17H25NO4. The summed E-state index contributed by atoms with van der Waals surface area (Å²) in [6.07, 6.45) is 0.553. The smallest absolute Gasteiger partial charge is 0.326 e. The molecule has 0 bridgehead atoms. The Morgan fingerprint density at radius 3 is 2.18 bits per heavy atom. The topological polar surface area (TPSA) is 75.6 Å². The van der Waals surface area contributed by atoms with Crippen LogP contribution in [0.4, 0.5) is 0 Å². The lowest BCUT2D eigenvalue weighted by Crippen LogP contribution is -2.41. The third-order valence-corrected chi connectivity index (χ3v) is 3.11. The summed E-state index contributed by atoms with van der Waals surface area (Å²) in [5.74, 6) is -1.19. The molecule has 0 heterocycles. The highest BCUT2D eigenvalue weighted by molar-refractivity contribution is 5.96.